The summed E-state index contributed by atoms with van der Waals surface area (Å²) < 4.78 is 3.05. The van der Waals surface area contributed by atoms with Crippen LogP contribution in [0.25, 0.3) is 31.1 Å². The van der Waals surface area contributed by atoms with Crippen LogP contribution >= 0.6 is 0 Å². The summed E-state index contributed by atoms with van der Waals surface area (Å²) in [6.45, 7) is 4.64. The Labute approximate surface area is 249 Å². The molecular weight excluding hydrogens is 602 g/mol. The third-order valence-corrected chi connectivity index (χ3v) is 12.7. The summed E-state index contributed by atoms with van der Waals surface area (Å²) in [5.74, 6) is 0. The van der Waals surface area contributed by atoms with E-state index in [1.54, 1.807) is 11.1 Å². The zero-order chi connectivity index (χ0) is 26.9. The van der Waals surface area contributed by atoms with Gasteiger partial charge < -0.3 is 0 Å². The Morgan fingerprint density at radius 1 is 0.513 bits per heavy atom. The number of fused-ring (bicyclic) bond motifs is 3. The summed E-state index contributed by atoms with van der Waals surface area (Å²) in [6.07, 6.45) is 19.1. The number of rotatable bonds is 16. The second-order valence-corrected chi connectivity index (χ2v) is 15.6. The quantitative estimate of drug-likeness (QED) is 0.0838. The summed E-state index contributed by atoms with van der Waals surface area (Å²) >= 11 is 0.933. The Morgan fingerprint density at radius 2 is 0.949 bits per heavy atom. The van der Waals surface area contributed by atoms with Crippen molar-refractivity contribution in [3.05, 3.63) is 81.7 Å². The van der Waals surface area contributed by atoms with Gasteiger partial charge in [0.25, 0.3) is 0 Å². The maximum atomic E-state index is 2.56. The van der Waals surface area contributed by atoms with Crippen LogP contribution in [0, 0.1) is 0 Å². The first kappa shape index (κ1) is 28.9. The van der Waals surface area contributed by atoms with Crippen LogP contribution in [0.15, 0.2) is 70.5 Å². The van der Waals surface area contributed by atoms with Crippen LogP contribution in [0.5, 0.6) is 0 Å². The van der Waals surface area contributed by atoms with E-state index < -0.39 is 0 Å². The van der Waals surface area contributed by atoms with Crippen molar-refractivity contribution in [1.29, 1.82) is 0 Å². The van der Waals surface area contributed by atoms with E-state index in [-0.39, 0.29) is 5.41 Å². The van der Waals surface area contributed by atoms with Gasteiger partial charge in [0.05, 0.1) is 0 Å². The third-order valence-electron chi connectivity index (χ3n) is 8.89. The van der Waals surface area contributed by atoms with Crippen molar-refractivity contribution in [2.24, 2.45) is 0 Å². The normalized spacial score (nSPS) is 13.5. The van der Waals surface area contributed by atoms with Crippen molar-refractivity contribution >= 4 is 29.0 Å². The zero-order valence-electron chi connectivity index (χ0n) is 24.1. The zero-order valence-corrected chi connectivity index (χ0v) is 27.6. The minimum absolute atomic E-state index is 0.179. The second kappa shape index (κ2) is 14.4. The molecule has 1 aliphatic rings. The molecule has 0 nitrogen and oxygen atoms in total. The molecule has 39 heavy (non-hydrogen) atoms. The number of hydrogen-bond acceptors (Lipinski definition) is 0. The van der Waals surface area contributed by atoms with Gasteiger partial charge in [0.15, 0.2) is 0 Å². The molecule has 206 valence electrons. The predicted octanol–water partition coefficient (Wildman–Crippen LogP) is 10.9. The Morgan fingerprint density at radius 3 is 1.36 bits per heavy atom. The van der Waals surface area contributed by atoms with Crippen molar-refractivity contribution in [1.82, 2.24) is 0 Å². The van der Waals surface area contributed by atoms with Gasteiger partial charge in [-0.15, -0.1) is 0 Å². The van der Waals surface area contributed by atoms with Crippen LogP contribution < -0.4 is 0 Å². The van der Waals surface area contributed by atoms with Crippen molar-refractivity contribution in [3.63, 3.8) is 0 Å². The van der Waals surface area contributed by atoms with Crippen molar-refractivity contribution < 1.29 is 0 Å². The fourth-order valence-electron chi connectivity index (χ4n) is 6.78. The Balaban J connectivity index is 1.51. The molecule has 0 saturated heterocycles. The summed E-state index contributed by atoms with van der Waals surface area (Å²) in [4.78, 5) is 4.70. The van der Waals surface area contributed by atoms with Crippen LogP contribution in [-0.4, -0.2) is 29.0 Å². The summed E-state index contributed by atoms with van der Waals surface area (Å²) in [5.41, 5.74) is 9.38. The molecular formula is C37H46Se2. The third kappa shape index (κ3) is 6.68. The fraction of sp³-hybridized carbons (Fsp3) is 0.459. The molecule has 5 rings (SSSR count). The summed E-state index contributed by atoms with van der Waals surface area (Å²) in [7, 11) is 0. The maximum absolute atomic E-state index is 2.56. The molecule has 2 heteroatoms. The van der Waals surface area contributed by atoms with E-state index in [0.29, 0.717) is 29.0 Å². The molecule has 0 bridgehead atoms. The molecule has 0 aliphatic heterocycles. The van der Waals surface area contributed by atoms with Crippen molar-refractivity contribution in [2.45, 2.75) is 109 Å². The molecule has 2 heterocycles. The van der Waals surface area contributed by atoms with Gasteiger partial charge in [0.1, 0.15) is 0 Å². The van der Waals surface area contributed by atoms with Gasteiger partial charge in [-0.25, -0.2) is 0 Å². The molecule has 2 aromatic heterocycles. The van der Waals surface area contributed by atoms with Gasteiger partial charge in [-0.1, -0.05) is 26.7 Å². The van der Waals surface area contributed by atoms with Crippen molar-refractivity contribution in [2.75, 3.05) is 0 Å². The standard InChI is InChI=1S/C37H46Se2/c1-3-5-7-9-11-13-23-37(24-14-12-10-8-6-4-2)33-21-19-29(35-17-15-25-38-35)27-31(33)32-28-30(20-22-34(32)37)36-18-16-26-39-36/h15-22,25-28H,3-14,23-24H2,1-2H3. The van der Waals surface area contributed by atoms with Gasteiger partial charge in [-0.3, -0.25) is 0 Å². The van der Waals surface area contributed by atoms with Crippen LogP contribution in [0.2, 0.25) is 0 Å². The number of benzene rings is 2. The van der Waals surface area contributed by atoms with Gasteiger partial charge in [0.2, 0.25) is 0 Å². The fourth-order valence-corrected chi connectivity index (χ4v) is 9.82. The Kier molecular flexibility index (Phi) is 10.7. The van der Waals surface area contributed by atoms with Gasteiger partial charge in [-0.2, -0.15) is 0 Å². The van der Waals surface area contributed by atoms with E-state index in [9.17, 15) is 0 Å². The van der Waals surface area contributed by atoms with E-state index in [1.165, 1.54) is 121 Å². The summed E-state index contributed by atoms with van der Waals surface area (Å²) in [5, 5.41) is 0. The number of unbranched alkanes of at least 4 members (excludes halogenated alkanes) is 10. The Hall–Kier alpha value is -1.56. The van der Waals surface area contributed by atoms with Crippen molar-refractivity contribution in [3.8, 4) is 31.1 Å². The Bertz CT molecular complexity index is 1180. The van der Waals surface area contributed by atoms with Gasteiger partial charge in [0, 0.05) is 0 Å². The van der Waals surface area contributed by atoms with Crippen LogP contribution in [0.4, 0.5) is 0 Å². The van der Waals surface area contributed by atoms with E-state index in [1.807, 2.05) is 0 Å². The first-order valence-electron chi connectivity index (χ1n) is 15.6. The molecule has 0 saturated carbocycles. The first-order chi connectivity index (χ1) is 19.3. The van der Waals surface area contributed by atoms with Crippen LogP contribution in [0.1, 0.15) is 115 Å². The molecule has 4 aromatic rings. The predicted molar refractivity (Wildman–Crippen MR) is 173 cm³/mol. The van der Waals surface area contributed by atoms with Gasteiger partial charge in [-0.05, 0) is 0 Å². The van der Waals surface area contributed by atoms with E-state index in [4.69, 9.17) is 0 Å². The van der Waals surface area contributed by atoms with E-state index >= 15 is 0 Å². The SMILES string of the molecule is CCCCCCCCC1(CCCCCCCC)c2ccc(-c3ccc[se]3)cc2-c2cc(-c3ccc[se]3)ccc21. The monoisotopic (exact) mass is 650 g/mol. The van der Waals surface area contributed by atoms with Gasteiger partial charge >= 0.3 is 224 Å². The molecule has 0 N–H and O–H groups in total. The molecule has 1 aliphatic carbocycles. The van der Waals surface area contributed by atoms with E-state index in [0.717, 1.165) is 0 Å². The molecule has 2 aromatic carbocycles. The summed E-state index contributed by atoms with van der Waals surface area (Å²) in [6, 6.07) is 24.3. The molecule has 0 radical (unpaired) electrons. The molecule has 0 atom stereocenters. The molecule has 0 unspecified atom stereocenters. The average Bonchev–Trinajstić information content (AvgIpc) is 3.74. The average molecular weight is 649 g/mol. The number of hydrogen-bond donors (Lipinski definition) is 0. The molecule has 0 fully saturated rings. The van der Waals surface area contributed by atoms with Crippen LogP contribution in [0.3, 0.4) is 0 Å². The minimum atomic E-state index is 0.179. The second-order valence-electron chi connectivity index (χ2n) is 11.6. The van der Waals surface area contributed by atoms with E-state index in [2.05, 4.69) is 84.4 Å². The topological polar surface area (TPSA) is 0 Å². The first-order valence-corrected chi connectivity index (χ1v) is 19.3. The van der Waals surface area contributed by atoms with Crippen LogP contribution in [-0.2, 0) is 5.41 Å². The molecule has 0 amide bonds. The molecule has 0 spiro atoms.